The van der Waals surface area contributed by atoms with E-state index in [0.29, 0.717) is 16.7 Å². The van der Waals surface area contributed by atoms with E-state index in [1.165, 1.54) is 48.5 Å². The Labute approximate surface area is 358 Å². The van der Waals surface area contributed by atoms with Gasteiger partial charge in [0.25, 0.3) is 0 Å². The van der Waals surface area contributed by atoms with E-state index < -0.39 is 59.3 Å². The fourth-order valence-electron chi connectivity index (χ4n) is 6.96. The van der Waals surface area contributed by atoms with Gasteiger partial charge in [-0.25, -0.2) is 0 Å². The second-order valence-electron chi connectivity index (χ2n) is 13.9. The largest absolute Gasteiger partial charge is 0.573 e. The normalized spacial score (nSPS) is 12.3. The Morgan fingerprint density at radius 1 is 0.391 bits per heavy atom. The third-order valence-electron chi connectivity index (χ3n) is 9.56. The zero-order chi connectivity index (χ0) is 46.8. The van der Waals surface area contributed by atoms with Gasteiger partial charge in [0.15, 0.2) is 0 Å². The van der Waals surface area contributed by atoms with E-state index in [-0.39, 0.29) is 30.5 Å². The second kappa shape index (κ2) is 19.7. The second-order valence-corrected chi connectivity index (χ2v) is 13.9. The molecule has 0 aromatic heterocycles. The lowest BCUT2D eigenvalue weighted by atomic mass is 9.70. The fraction of sp³-hybridized carbons (Fsp3) is 0.196. The van der Waals surface area contributed by atoms with Gasteiger partial charge in [-0.1, -0.05) is 109 Å². The molecule has 0 saturated heterocycles. The van der Waals surface area contributed by atoms with E-state index in [1.807, 2.05) is 0 Å². The minimum atomic E-state index is -4.95. The first kappa shape index (κ1) is 48.2. The molecule has 64 heavy (non-hydrogen) atoms. The number of ether oxygens (including phenoxy) is 4. The van der Waals surface area contributed by atoms with Crippen LogP contribution in [0.4, 0.5) is 52.7 Å². The summed E-state index contributed by atoms with van der Waals surface area (Å²) in [5.41, 5.74) is 5.76. The molecule has 0 heterocycles. The zero-order valence-electron chi connectivity index (χ0n) is 32.8. The van der Waals surface area contributed by atoms with E-state index in [0.717, 1.165) is 42.0 Å². The quantitative estimate of drug-likeness (QED) is 0.116. The van der Waals surface area contributed by atoms with Crippen molar-refractivity contribution in [3.63, 3.8) is 0 Å². The van der Waals surface area contributed by atoms with Crippen molar-refractivity contribution in [3.05, 3.63) is 191 Å². The molecule has 0 aliphatic carbocycles. The Kier molecular flexibility index (Phi) is 14.8. The van der Waals surface area contributed by atoms with E-state index in [4.69, 9.17) is 5.73 Å². The minimum absolute atomic E-state index is 0.0186. The summed E-state index contributed by atoms with van der Waals surface area (Å²) in [6, 6.07) is 39.9. The average molecular weight is 907 g/mol. The summed E-state index contributed by atoms with van der Waals surface area (Å²) in [6.07, 6.45) is -19.5. The monoisotopic (exact) mass is 906 g/mol. The van der Waals surface area contributed by atoms with Gasteiger partial charge in [0.2, 0.25) is 0 Å². The van der Waals surface area contributed by atoms with Crippen LogP contribution in [-0.2, 0) is 23.7 Å². The Balaban J connectivity index is 0.000000241. The highest BCUT2D eigenvalue weighted by atomic mass is 19.4. The van der Waals surface area contributed by atoms with E-state index in [2.05, 4.69) is 25.0 Å². The van der Waals surface area contributed by atoms with Crippen LogP contribution in [0.5, 0.6) is 23.0 Å². The number of hydrogen-bond acceptors (Lipinski definition) is 6. The van der Waals surface area contributed by atoms with Crippen molar-refractivity contribution in [2.24, 2.45) is 5.73 Å². The smallest absolute Gasteiger partial charge is 0.406 e. The van der Waals surface area contributed by atoms with Gasteiger partial charge in [-0.2, -0.15) is 5.26 Å². The summed E-state index contributed by atoms with van der Waals surface area (Å²) in [5.74, 6) is -2.01. The van der Waals surface area contributed by atoms with Gasteiger partial charge in [0.1, 0.15) is 28.4 Å². The minimum Gasteiger partial charge on any atom is -0.406 e. The third kappa shape index (κ3) is 13.6. The van der Waals surface area contributed by atoms with Gasteiger partial charge in [-0.3, -0.25) is 0 Å². The van der Waals surface area contributed by atoms with Gasteiger partial charge in [0.05, 0.1) is 6.07 Å². The van der Waals surface area contributed by atoms with Gasteiger partial charge in [-0.05, 0) is 94.8 Å². The van der Waals surface area contributed by atoms with Crippen molar-refractivity contribution < 1.29 is 71.6 Å². The first-order chi connectivity index (χ1) is 30.0. The molecule has 0 radical (unpaired) electrons. The summed E-state index contributed by atoms with van der Waals surface area (Å²) in [7, 11) is 0. The van der Waals surface area contributed by atoms with Crippen LogP contribution in [0.2, 0.25) is 0 Å². The number of rotatable bonds is 13. The van der Waals surface area contributed by atoms with Crippen molar-refractivity contribution in [3.8, 4) is 29.1 Å². The molecule has 0 amide bonds. The van der Waals surface area contributed by atoms with Crippen molar-refractivity contribution in [1.29, 1.82) is 5.26 Å². The Morgan fingerprint density at radius 3 is 0.984 bits per heavy atom. The van der Waals surface area contributed by atoms with Crippen molar-refractivity contribution in [2.75, 3.05) is 6.54 Å². The van der Waals surface area contributed by atoms with Gasteiger partial charge < -0.3 is 24.7 Å². The lowest BCUT2D eigenvalue weighted by molar-refractivity contribution is -0.275. The van der Waals surface area contributed by atoms with Crippen molar-refractivity contribution in [2.45, 2.75) is 49.1 Å². The lowest BCUT2D eigenvalue weighted by Crippen LogP contribution is -2.39. The molecule has 0 spiro atoms. The number of hydrogen-bond donors (Lipinski definition) is 1. The molecular formula is C46H34F12N2O4. The summed E-state index contributed by atoms with van der Waals surface area (Å²) in [6.45, 7) is -0.104. The standard InChI is InChI=1S/C23H19F6NO2.C23H15F6NO2/c2*24-22(25,26)31-19-10-4-8-17(12-19)21(15-30,14-16-6-2-1-3-7-16)18-9-5-11-20(13-18)32-23(27,28)29/h1-13H,14-15,30H2;1-13H,14H2. The van der Waals surface area contributed by atoms with E-state index in [1.54, 1.807) is 72.8 Å². The molecule has 6 aromatic rings. The molecule has 2 N–H and O–H groups in total. The van der Waals surface area contributed by atoms with Crippen LogP contribution in [-0.4, -0.2) is 32.0 Å². The molecular weight excluding hydrogens is 872 g/mol. The molecule has 0 fully saturated rings. The maximum absolute atomic E-state index is 12.8. The van der Waals surface area contributed by atoms with Crippen molar-refractivity contribution >= 4 is 0 Å². The predicted octanol–water partition coefficient (Wildman–Crippen LogP) is 12.5. The lowest BCUT2D eigenvalue weighted by Gasteiger charge is -2.35. The maximum Gasteiger partial charge on any atom is 0.573 e. The molecule has 336 valence electrons. The highest BCUT2D eigenvalue weighted by Crippen LogP contribution is 2.41. The van der Waals surface area contributed by atoms with Crippen LogP contribution >= 0.6 is 0 Å². The van der Waals surface area contributed by atoms with Gasteiger partial charge >= 0.3 is 25.4 Å². The van der Waals surface area contributed by atoms with E-state index >= 15 is 0 Å². The number of benzene rings is 6. The van der Waals surface area contributed by atoms with Crippen LogP contribution in [0.3, 0.4) is 0 Å². The highest BCUT2D eigenvalue weighted by molar-refractivity contribution is 5.52. The van der Waals surface area contributed by atoms with Gasteiger partial charge in [-0.15, -0.1) is 52.7 Å². The molecule has 0 bridgehead atoms. The summed E-state index contributed by atoms with van der Waals surface area (Å²) < 4.78 is 169. The highest BCUT2D eigenvalue weighted by Gasteiger charge is 2.40. The fourth-order valence-corrected chi connectivity index (χ4v) is 6.96. The topological polar surface area (TPSA) is 86.7 Å². The number of nitriles is 1. The third-order valence-corrected chi connectivity index (χ3v) is 9.56. The van der Waals surface area contributed by atoms with Crippen LogP contribution in [0.1, 0.15) is 33.4 Å². The van der Waals surface area contributed by atoms with Crippen LogP contribution in [0.15, 0.2) is 158 Å². The van der Waals surface area contributed by atoms with Gasteiger partial charge in [0, 0.05) is 12.0 Å². The number of nitrogens with zero attached hydrogens (tertiary/aromatic N) is 1. The van der Waals surface area contributed by atoms with Crippen LogP contribution in [0.25, 0.3) is 0 Å². The van der Waals surface area contributed by atoms with E-state index in [9.17, 15) is 57.9 Å². The Morgan fingerprint density at radius 2 is 0.688 bits per heavy atom. The SMILES string of the molecule is N#CC(Cc1ccccc1)(c1cccc(OC(F)(F)F)c1)c1cccc(OC(F)(F)F)c1.NCC(Cc1ccccc1)(c1cccc(OC(F)(F)F)c1)c1cccc(OC(F)(F)F)c1. The maximum atomic E-state index is 12.8. The molecule has 0 saturated carbocycles. The summed E-state index contributed by atoms with van der Waals surface area (Å²) >= 11 is 0. The van der Waals surface area contributed by atoms with Crippen LogP contribution < -0.4 is 24.7 Å². The molecule has 6 nitrogen and oxygen atoms in total. The predicted molar refractivity (Wildman–Crippen MR) is 209 cm³/mol. The molecule has 6 aromatic carbocycles. The molecule has 0 aliphatic rings. The molecule has 0 aliphatic heterocycles. The average Bonchev–Trinajstić information content (AvgIpc) is 3.21. The Bertz CT molecular complexity index is 2370. The molecule has 0 unspecified atom stereocenters. The molecule has 6 rings (SSSR count). The molecule has 0 atom stereocenters. The first-order valence-electron chi connectivity index (χ1n) is 18.7. The summed E-state index contributed by atoms with van der Waals surface area (Å²) in [5, 5.41) is 10.2. The molecule has 18 heteroatoms. The zero-order valence-corrected chi connectivity index (χ0v) is 32.8. The summed E-state index contributed by atoms with van der Waals surface area (Å²) in [4.78, 5) is 0. The number of nitrogens with two attached hydrogens (primary N) is 1. The number of alkyl halides is 12. The van der Waals surface area contributed by atoms with Crippen LogP contribution in [0, 0.1) is 11.3 Å². The Hall–Kier alpha value is -6.87. The van der Waals surface area contributed by atoms with Crippen molar-refractivity contribution in [1.82, 2.24) is 0 Å². The number of halogens is 12. The first-order valence-corrected chi connectivity index (χ1v) is 18.7.